The molecule has 0 atom stereocenters. The fraction of sp³-hybridized carbons (Fsp3) is 1.00. The summed E-state index contributed by atoms with van der Waals surface area (Å²) in [4.78, 5) is 0. The van der Waals surface area contributed by atoms with Gasteiger partial charge in [0.25, 0.3) is 0 Å². The Balaban J connectivity index is 1.66. The number of nitrogens with one attached hydrogen (secondary N) is 1. The molecule has 0 aromatic rings. The van der Waals surface area contributed by atoms with Crippen molar-refractivity contribution in [3.8, 4) is 0 Å². The highest BCUT2D eigenvalue weighted by Crippen LogP contribution is 2.45. The maximum absolute atomic E-state index is 9.09. The van der Waals surface area contributed by atoms with E-state index in [9.17, 15) is 0 Å². The fourth-order valence-corrected chi connectivity index (χ4v) is 1.78. The Kier molecular flexibility index (Phi) is 2.86. The van der Waals surface area contributed by atoms with Crippen molar-refractivity contribution in [2.24, 2.45) is 5.41 Å². The SMILES string of the molecule is OCC1(COC2CCNCC2)CC1. The van der Waals surface area contributed by atoms with Gasteiger partial charge in [-0.15, -0.1) is 0 Å². The van der Waals surface area contributed by atoms with Gasteiger partial charge in [-0.05, 0) is 38.8 Å². The van der Waals surface area contributed by atoms with Crippen molar-refractivity contribution in [2.45, 2.75) is 31.8 Å². The smallest absolute Gasteiger partial charge is 0.0599 e. The van der Waals surface area contributed by atoms with Crippen LogP contribution in [0.25, 0.3) is 0 Å². The topological polar surface area (TPSA) is 41.5 Å². The van der Waals surface area contributed by atoms with Gasteiger partial charge in [-0.3, -0.25) is 0 Å². The second-order valence-corrected chi connectivity index (χ2v) is 4.42. The number of hydrogen-bond donors (Lipinski definition) is 2. The van der Waals surface area contributed by atoms with Gasteiger partial charge in [0, 0.05) is 5.41 Å². The summed E-state index contributed by atoms with van der Waals surface area (Å²) in [7, 11) is 0. The predicted octanol–water partition coefficient (Wildman–Crippen LogP) is 0.527. The standard InChI is InChI=1S/C10H19NO2/c12-7-10(3-4-10)8-13-9-1-5-11-6-2-9/h9,11-12H,1-8H2. The Hall–Kier alpha value is -0.120. The molecule has 1 heterocycles. The van der Waals surface area contributed by atoms with Gasteiger partial charge in [0.15, 0.2) is 0 Å². The van der Waals surface area contributed by atoms with Crippen molar-refractivity contribution in [1.82, 2.24) is 5.32 Å². The molecule has 0 amide bonds. The summed E-state index contributed by atoms with van der Waals surface area (Å²) in [5, 5.41) is 12.4. The van der Waals surface area contributed by atoms with E-state index in [0.717, 1.165) is 45.4 Å². The fourth-order valence-electron chi connectivity index (χ4n) is 1.78. The zero-order chi connectivity index (χ0) is 9.15. The molecule has 76 valence electrons. The summed E-state index contributed by atoms with van der Waals surface area (Å²) >= 11 is 0. The lowest BCUT2D eigenvalue weighted by atomic mass is 10.1. The molecule has 0 aromatic carbocycles. The Bertz CT molecular complexity index is 162. The van der Waals surface area contributed by atoms with Crippen LogP contribution < -0.4 is 5.32 Å². The molecule has 1 aliphatic heterocycles. The van der Waals surface area contributed by atoms with Crippen LogP contribution >= 0.6 is 0 Å². The summed E-state index contributed by atoms with van der Waals surface area (Å²) in [6.07, 6.45) is 4.98. The van der Waals surface area contributed by atoms with Gasteiger partial charge in [0.1, 0.15) is 0 Å². The largest absolute Gasteiger partial charge is 0.396 e. The van der Waals surface area contributed by atoms with E-state index in [-0.39, 0.29) is 5.41 Å². The van der Waals surface area contributed by atoms with Gasteiger partial charge in [-0.1, -0.05) is 0 Å². The minimum absolute atomic E-state index is 0.158. The van der Waals surface area contributed by atoms with E-state index in [2.05, 4.69) is 5.32 Å². The number of aliphatic hydroxyl groups excluding tert-OH is 1. The number of aliphatic hydroxyl groups is 1. The molecule has 0 bridgehead atoms. The van der Waals surface area contributed by atoms with Crippen LogP contribution in [-0.2, 0) is 4.74 Å². The van der Waals surface area contributed by atoms with Crippen LogP contribution in [-0.4, -0.2) is 37.5 Å². The third kappa shape index (κ3) is 2.42. The minimum atomic E-state index is 0.158. The Labute approximate surface area is 79.5 Å². The maximum atomic E-state index is 9.09. The Morgan fingerprint density at radius 2 is 2.00 bits per heavy atom. The van der Waals surface area contributed by atoms with Crippen molar-refractivity contribution < 1.29 is 9.84 Å². The molecule has 2 rings (SSSR count). The molecule has 0 spiro atoms. The lowest BCUT2D eigenvalue weighted by Crippen LogP contribution is -2.34. The first kappa shape index (κ1) is 9.44. The van der Waals surface area contributed by atoms with E-state index in [1.54, 1.807) is 0 Å². The van der Waals surface area contributed by atoms with E-state index < -0.39 is 0 Å². The summed E-state index contributed by atoms with van der Waals surface area (Å²) in [6, 6.07) is 0. The zero-order valence-corrected chi connectivity index (χ0v) is 8.09. The first-order chi connectivity index (χ1) is 6.35. The lowest BCUT2D eigenvalue weighted by Gasteiger charge is -2.24. The Morgan fingerprint density at radius 1 is 1.31 bits per heavy atom. The van der Waals surface area contributed by atoms with E-state index >= 15 is 0 Å². The Morgan fingerprint density at radius 3 is 2.54 bits per heavy atom. The average Bonchev–Trinajstić information content (AvgIpc) is 2.97. The minimum Gasteiger partial charge on any atom is -0.396 e. The van der Waals surface area contributed by atoms with E-state index in [0.29, 0.717) is 12.7 Å². The lowest BCUT2D eigenvalue weighted by molar-refractivity contribution is -0.00732. The maximum Gasteiger partial charge on any atom is 0.0599 e. The van der Waals surface area contributed by atoms with Gasteiger partial charge in [-0.25, -0.2) is 0 Å². The molecule has 2 N–H and O–H groups in total. The van der Waals surface area contributed by atoms with Crippen molar-refractivity contribution >= 4 is 0 Å². The predicted molar refractivity (Wildman–Crippen MR) is 50.6 cm³/mol. The molecular weight excluding hydrogens is 166 g/mol. The molecule has 2 fully saturated rings. The summed E-state index contributed by atoms with van der Waals surface area (Å²) in [5.74, 6) is 0. The highest BCUT2D eigenvalue weighted by atomic mass is 16.5. The first-order valence-corrected chi connectivity index (χ1v) is 5.28. The molecule has 2 aliphatic rings. The normalized spacial score (nSPS) is 27.5. The van der Waals surface area contributed by atoms with Crippen LogP contribution in [0.4, 0.5) is 0 Å². The second-order valence-electron chi connectivity index (χ2n) is 4.42. The zero-order valence-electron chi connectivity index (χ0n) is 8.09. The van der Waals surface area contributed by atoms with Crippen LogP contribution in [0.1, 0.15) is 25.7 Å². The van der Waals surface area contributed by atoms with Crippen LogP contribution in [0.15, 0.2) is 0 Å². The number of piperidine rings is 1. The van der Waals surface area contributed by atoms with Crippen LogP contribution in [0.3, 0.4) is 0 Å². The molecule has 13 heavy (non-hydrogen) atoms. The molecule has 1 saturated heterocycles. The summed E-state index contributed by atoms with van der Waals surface area (Å²) in [5.41, 5.74) is 0.158. The monoisotopic (exact) mass is 185 g/mol. The number of ether oxygens (including phenoxy) is 1. The molecular formula is C10H19NO2. The molecule has 1 aliphatic carbocycles. The van der Waals surface area contributed by atoms with Gasteiger partial charge >= 0.3 is 0 Å². The van der Waals surface area contributed by atoms with Crippen LogP contribution in [0.5, 0.6) is 0 Å². The van der Waals surface area contributed by atoms with Gasteiger partial charge < -0.3 is 15.2 Å². The molecule has 1 saturated carbocycles. The molecule has 3 nitrogen and oxygen atoms in total. The number of hydrogen-bond acceptors (Lipinski definition) is 3. The van der Waals surface area contributed by atoms with Crippen molar-refractivity contribution in [3.05, 3.63) is 0 Å². The van der Waals surface area contributed by atoms with Gasteiger partial charge in [0.05, 0.1) is 19.3 Å². The van der Waals surface area contributed by atoms with E-state index in [1.165, 1.54) is 0 Å². The van der Waals surface area contributed by atoms with E-state index in [4.69, 9.17) is 9.84 Å². The quantitative estimate of drug-likeness (QED) is 0.671. The molecule has 0 radical (unpaired) electrons. The summed E-state index contributed by atoms with van der Waals surface area (Å²) < 4.78 is 5.80. The highest BCUT2D eigenvalue weighted by Gasteiger charge is 2.42. The van der Waals surface area contributed by atoms with Crippen molar-refractivity contribution in [2.75, 3.05) is 26.3 Å². The summed E-state index contributed by atoms with van der Waals surface area (Å²) in [6.45, 7) is 3.24. The highest BCUT2D eigenvalue weighted by molar-refractivity contribution is 4.92. The van der Waals surface area contributed by atoms with Crippen molar-refractivity contribution in [1.29, 1.82) is 0 Å². The second kappa shape index (κ2) is 3.95. The van der Waals surface area contributed by atoms with Crippen LogP contribution in [0.2, 0.25) is 0 Å². The molecule has 3 heteroatoms. The van der Waals surface area contributed by atoms with Gasteiger partial charge in [0.2, 0.25) is 0 Å². The average molecular weight is 185 g/mol. The molecule has 0 unspecified atom stereocenters. The van der Waals surface area contributed by atoms with E-state index in [1.807, 2.05) is 0 Å². The third-order valence-electron chi connectivity index (χ3n) is 3.20. The van der Waals surface area contributed by atoms with Gasteiger partial charge in [-0.2, -0.15) is 0 Å². The van der Waals surface area contributed by atoms with Crippen LogP contribution in [0, 0.1) is 5.41 Å². The molecule has 0 aromatic heterocycles. The number of rotatable bonds is 4. The first-order valence-electron chi connectivity index (χ1n) is 5.28. The third-order valence-corrected chi connectivity index (χ3v) is 3.20. The van der Waals surface area contributed by atoms with Crippen molar-refractivity contribution in [3.63, 3.8) is 0 Å².